The monoisotopic (exact) mass is 355 g/mol. The lowest BCUT2D eigenvalue weighted by Gasteiger charge is -2.20. The molecule has 0 saturated carbocycles. The van der Waals surface area contributed by atoms with Crippen molar-refractivity contribution in [2.24, 2.45) is 0 Å². The lowest BCUT2D eigenvalue weighted by Crippen LogP contribution is -2.28. The highest BCUT2D eigenvalue weighted by molar-refractivity contribution is 7.99. The lowest BCUT2D eigenvalue weighted by molar-refractivity contribution is -0.119. The van der Waals surface area contributed by atoms with Gasteiger partial charge in [-0.1, -0.05) is 69.3 Å². The summed E-state index contributed by atoms with van der Waals surface area (Å²) in [7, 11) is 0. The van der Waals surface area contributed by atoms with E-state index in [1.807, 2.05) is 19.1 Å². The number of thioether (sulfide) groups is 1. The summed E-state index contributed by atoms with van der Waals surface area (Å²) in [6.07, 6.45) is 0. The van der Waals surface area contributed by atoms with Gasteiger partial charge >= 0.3 is 0 Å². The minimum atomic E-state index is 0.0283. The van der Waals surface area contributed by atoms with E-state index < -0.39 is 0 Å². The van der Waals surface area contributed by atoms with Crippen molar-refractivity contribution in [3.05, 3.63) is 70.8 Å². The fraction of sp³-hybridized carbons (Fsp3) is 0.409. The van der Waals surface area contributed by atoms with Crippen molar-refractivity contribution < 1.29 is 4.79 Å². The minimum Gasteiger partial charge on any atom is -0.349 e. The van der Waals surface area contributed by atoms with Crippen molar-refractivity contribution in [3.8, 4) is 0 Å². The van der Waals surface area contributed by atoms with E-state index in [2.05, 4.69) is 69.4 Å². The number of carbonyl (C=O) groups excluding carboxylic acids is 1. The van der Waals surface area contributed by atoms with Crippen LogP contribution in [0.15, 0.2) is 48.5 Å². The molecule has 0 unspecified atom stereocenters. The van der Waals surface area contributed by atoms with Crippen molar-refractivity contribution >= 4 is 17.7 Å². The third-order valence-corrected chi connectivity index (χ3v) is 5.39. The summed E-state index contributed by atoms with van der Waals surface area (Å²) in [4.78, 5) is 12.2. The van der Waals surface area contributed by atoms with Gasteiger partial charge in [-0.05, 0) is 41.5 Å². The molecule has 134 valence electrons. The summed E-state index contributed by atoms with van der Waals surface area (Å²) in [6, 6.07) is 16.9. The number of hydrogen-bond acceptors (Lipinski definition) is 2. The Morgan fingerprint density at radius 3 is 2.32 bits per heavy atom. The van der Waals surface area contributed by atoms with Crippen LogP contribution in [-0.2, 0) is 16.0 Å². The highest BCUT2D eigenvalue weighted by Crippen LogP contribution is 2.24. The van der Waals surface area contributed by atoms with Gasteiger partial charge in [0.15, 0.2) is 0 Å². The van der Waals surface area contributed by atoms with Crippen LogP contribution in [0.5, 0.6) is 0 Å². The molecule has 1 N–H and O–H groups in total. The van der Waals surface area contributed by atoms with E-state index in [-0.39, 0.29) is 17.4 Å². The molecule has 0 bridgehead atoms. The number of benzene rings is 2. The molecule has 0 fully saturated rings. The average Bonchev–Trinajstić information content (AvgIpc) is 2.56. The number of rotatable bonds is 6. The highest BCUT2D eigenvalue weighted by Gasteiger charge is 2.15. The maximum absolute atomic E-state index is 12.2. The van der Waals surface area contributed by atoms with Crippen molar-refractivity contribution in [1.29, 1.82) is 0 Å². The topological polar surface area (TPSA) is 29.1 Å². The predicted molar refractivity (Wildman–Crippen MR) is 109 cm³/mol. The molecule has 0 saturated heterocycles. The number of carbonyl (C=O) groups is 1. The van der Waals surface area contributed by atoms with Crippen LogP contribution < -0.4 is 5.32 Å². The zero-order valence-electron chi connectivity index (χ0n) is 15.9. The molecule has 0 aromatic heterocycles. The van der Waals surface area contributed by atoms with Crippen LogP contribution in [0.1, 0.15) is 56.0 Å². The first-order valence-electron chi connectivity index (χ1n) is 8.79. The van der Waals surface area contributed by atoms with Gasteiger partial charge in [-0.15, -0.1) is 11.8 Å². The smallest absolute Gasteiger partial charge is 0.230 e. The van der Waals surface area contributed by atoms with E-state index in [0.717, 1.165) is 11.3 Å². The second kappa shape index (κ2) is 8.57. The van der Waals surface area contributed by atoms with Gasteiger partial charge in [0.2, 0.25) is 5.91 Å². The lowest BCUT2D eigenvalue weighted by atomic mass is 9.86. The molecule has 0 spiro atoms. The molecule has 3 heteroatoms. The first-order valence-corrected chi connectivity index (χ1v) is 9.95. The van der Waals surface area contributed by atoms with Crippen LogP contribution in [-0.4, -0.2) is 11.7 Å². The van der Waals surface area contributed by atoms with Crippen molar-refractivity contribution in [1.82, 2.24) is 5.32 Å². The number of nitrogens with one attached hydrogen (secondary N) is 1. The fourth-order valence-electron chi connectivity index (χ4n) is 2.66. The zero-order chi connectivity index (χ0) is 18.4. The molecule has 2 aromatic rings. The number of aryl methyl sites for hydroxylation is 1. The van der Waals surface area contributed by atoms with Gasteiger partial charge in [0.05, 0.1) is 11.8 Å². The van der Waals surface area contributed by atoms with Crippen LogP contribution in [0.3, 0.4) is 0 Å². The zero-order valence-corrected chi connectivity index (χ0v) is 16.7. The molecular weight excluding hydrogens is 326 g/mol. The first-order chi connectivity index (χ1) is 11.8. The van der Waals surface area contributed by atoms with Crippen LogP contribution in [0, 0.1) is 6.92 Å². The maximum atomic E-state index is 12.2. The third kappa shape index (κ3) is 5.93. The molecule has 2 rings (SSSR count). The third-order valence-electron chi connectivity index (χ3n) is 4.41. The van der Waals surface area contributed by atoms with Gasteiger partial charge in [0.1, 0.15) is 0 Å². The molecule has 0 aliphatic heterocycles. The van der Waals surface area contributed by atoms with Gasteiger partial charge in [-0.2, -0.15) is 0 Å². The van der Waals surface area contributed by atoms with Gasteiger partial charge in [-0.25, -0.2) is 0 Å². The Hall–Kier alpha value is -1.74. The Kier molecular flexibility index (Phi) is 6.71. The second-order valence-electron chi connectivity index (χ2n) is 7.58. The van der Waals surface area contributed by atoms with Crippen molar-refractivity contribution in [2.45, 2.75) is 51.8 Å². The molecule has 25 heavy (non-hydrogen) atoms. The Morgan fingerprint density at radius 1 is 1.08 bits per heavy atom. The molecule has 2 aromatic carbocycles. The summed E-state index contributed by atoms with van der Waals surface area (Å²) in [6.45, 7) is 10.8. The maximum Gasteiger partial charge on any atom is 0.230 e. The van der Waals surface area contributed by atoms with Crippen LogP contribution in [0.25, 0.3) is 0 Å². The predicted octanol–water partition coefficient (Wildman–Crippen LogP) is 5.40. The summed E-state index contributed by atoms with van der Waals surface area (Å²) in [5, 5.41) is 3.10. The molecule has 2 nitrogen and oxygen atoms in total. The Bertz CT molecular complexity index is 701. The Balaban J connectivity index is 1.82. The molecule has 0 radical (unpaired) electrons. The standard InChI is InChI=1S/C22H29NOS/c1-16-8-6-7-9-19(16)14-25-15-21(24)23-17(2)18-10-12-20(13-11-18)22(3,4)5/h6-13,17H,14-15H2,1-5H3,(H,23,24)/t17-/m0/s1. The summed E-state index contributed by atoms with van der Waals surface area (Å²) in [5.74, 6) is 1.44. The van der Waals surface area contributed by atoms with Gasteiger partial charge in [0.25, 0.3) is 0 Å². The summed E-state index contributed by atoms with van der Waals surface area (Å²) < 4.78 is 0. The number of amides is 1. The average molecular weight is 356 g/mol. The second-order valence-corrected chi connectivity index (χ2v) is 8.57. The van der Waals surface area contributed by atoms with Gasteiger partial charge < -0.3 is 5.32 Å². The quantitative estimate of drug-likeness (QED) is 0.751. The van der Waals surface area contributed by atoms with Crippen molar-refractivity contribution in [2.75, 3.05) is 5.75 Å². The van der Waals surface area contributed by atoms with Crippen LogP contribution >= 0.6 is 11.8 Å². The molecule has 0 aliphatic rings. The highest BCUT2D eigenvalue weighted by atomic mass is 32.2. The largest absolute Gasteiger partial charge is 0.349 e. The molecular formula is C22H29NOS. The molecule has 0 aliphatic carbocycles. The number of hydrogen-bond donors (Lipinski definition) is 1. The first kappa shape index (κ1) is 19.6. The van der Waals surface area contributed by atoms with Crippen LogP contribution in [0.2, 0.25) is 0 Å². The SMILES string of the molecule is Cc1ccccc1CSCC(=O)N[C@@H](C)c1ccc(C(C)(C)C)cc1. The fourth-order valence-corrected chi connectivity index (χ4v) is 3.58. The van der Waals surface area contributed by atoms with E-state index in [1.54, 1.807) is 11.8 Å². The van der Waals surface area contributed by atoms with Gasteiger partial charge in [0, 0.05) is 5.75 Å². The van der Waals surface area contributed by atoms with E-state index in [9.17, 15) is 4.79 Å². The molecule has 1 atom stereocenters. The van der Waals surface area contributed by atoms with Crippen LogP contribution in [0.4, 0.5) is 0 Å². The Morgan fingerprint density at radius 2 is 1.72 bits per heavy atom. The van der Waals surface area contributed by atoms with E-state index in [4.69, 9.17) is 0 Å². The Labute approximate surface area is 156 Å². The van der Waals surface area contributed by atoms with E-state index in [0.29, 0.717) is 5.75 Å². The summed E-state index contributed by atoms with van der Waals surface area (Å²) in [5.41, 5.74) is 5.18. The normalized spacial score (nSPS) is 12.7. The van der Waals surface area contributed by atoms with E-state index >= 15 is 0 Å². The van der Waals surface area contributed by atoms with Crippen molar-refractivity contribution in [3.63, 3.8) is 0 Å². The van der Waals surface area contributed by atoms with E-state index in [1.165, 1.54) is 16.7 Å². The van der Waals surface area contributed by atoms with Gasteiger partial charge in [-0.3, -0.25) is 4.79 Å². The molecule has 1 amide bonds. The molecule has 0 heterocycles. The minimum absolute atomic E-state index is 0.0283. The summed E-state index contributed by atoms with van der Waals surface area (Å²) >= 11 is 1.66.